The van der Waals surface area contributed by atoms with Crippen LogP contribution >= 0.6 is 0 Å². The lowest BCUT2D eigenvalue weighted by molar-refractivity contribution is -0.160. The molecular formula is C23H21F3N2O6. The van der Waals surface area contributed by atoms with Crippen LogP contribution in [0.3, 0.4) is 0 Å². The van der Waals surface area contributed by atoms with Crippen molar-refractivity contribution < 1.29 is 41.8 Å². The highest BCUT2D eigenvalue weighted by Crippen LogP contribution is 2.37. The predicted molar refractivity (Wildman–Crippen MR) is 115 cm³/mol. The Morgan fingerprint density at radius 1 is 1.03 bits per heavy atom. The molecule has 0 aromatic heterocycles. The van der Waals surface area contributed by atoms with E-state index in [4.69, 9.17) is 9.47 Å². The standard InChI is InChI=1S/C23H21F3N2O6/c1-12(29)15-4-7-17(8-5-15)33-14(3)22(32)34-13(2)21(31)28-11-20(30)27-18-10-16(23(24,25)26)6-9-19(18)28/h4-10,13-14H,11H2,1-3H3,(H,27,30). The molecule has 2 unspecified atom stereocenters. The van der Waals surface area contributed by atoms with E-state index < -0.39 is 48.3 Å². The summed E-state index contributed by atoms with van der Waals surface area (Å²) in [5.41, 5.74) is -0.642. The number of carbonyl (C=O) groups is 4. The van der Waals surface area contributed by atoms with E-state index in [1.54, 1.807) is 0 Å². The first-order valence-corrected chi connectivity index (χ1v) is 10.2. The SMILES string of the molecule is CC(=O)c1ccc(OC(C)C(=O)OC(C)C(=O)N2CC(=O)Nc3cc(C(F)(F)F)ccc32)cc1. The minimum atomic E-state index is -4.63. The second-order valence-electron chi connectivity index (χ2n) is 7.62. The molecule has 0 radical (unpaired) electrons. The topological polar surface area (TPSA) is 102 Å². The van der Waals surface area contributed by atoms with Crippen molar-refractivity contribution in [3.8, 4) is 5.75 Å². The molecule has 0 aliphatic carbocycles. The molecule has 1 aliphatic heterocycles. The number of carbonyl (C=O) groups excluding carboxylic acids is 4. The molecule has 1 aliphatic rings. The van der Waals surface area contributed by atoms with E-state index in [-0.39, 0.29) is 17.2 Å². The van der Waals surface area contributed by atoms with E-state index in [0.29, 0.717) is 11.3 Å². The first-order chi connectivity index (χ1) is 15.9. The Morgan fingerprint density at radius 2 is 1.68 bits per heavy atom. The molecule has 11 heteroatoms. The lowest BCUT2D eigenvalue weighted by atomic mass is 10.1. The Kier molecular flexibility index (Phi) is 6.94. The van der Waals surface area contributed by atoms with E-state index >= 15 is 0 Å². The summed E-state index contributed by atoms with van der Waals surface area (Å²) in [4.78, 5) is 49.6. The number of nitrogens with one attached hydrogen (secondary N) is 1. The van der Waals surface area contributed by atoms with Crippen LogP contribution in [0.5, 0.6) is 5.75 Å². The highest BCUT2D eigenvalue weighted by molar-refractivity contribution is 6.11. The summed E-state index contributed by atoms with van der Waals surface area (Å²) in [5.74, 6) is -2.18. The van der Waals surface area contributed by atoms with Gasteiger partial charge in [-0.15, -0.1) is 0 Å². The number of benzene rings is 2. The van der Waals surface area contributed by atoms with Crippen molar-refractivity contribution in [3.05, 3.63) is 53.6 Å². The number of rotatable bonds is 6. The van der Waals surface area contributed by atoms with Crippen LogP contribution in [0.2, 0.25) is 0 Å². The molecule has 2 atom stereocenters. The highest BCUT2D eigenvalue weighted by Gasteiger charge is 2.36. The van der Waals surface area contributed by atoms with Gasteiger partial charge in [-0.2, -0.15) is 13.2 Å². The van der Waals surface area contributed by atoms with Crippen LogP contribution in [0.1, 0.15) is 36.7 Å². The number of halogens is 3. The Hall–Kier alpha value is -3.89. The smallest absolute Gasteiger partial charge is 0.416 e. The number of amides is 2. The Labute approximate surface area is 192 Å². The van der Waals surface area contributed by atoms with E-state index in [1.165, 1.54) is 45.0 Å². The summed E-state index contributed by atoms with van der Waals surface area (Å²) < 4.78 is 49.6. The zero-order valence-corrected chi connectivity index (χ0v) is 18.4. The zero-order chi connectivity index (χ0) is 25.2. The van der Waals surface area contributed by atoms with Crippen molar-refractivity contribution in [2.45, 2.75) is 39.2 Å². The molecular weight excluding hydrogens is 457 g/mol. The molecule has 0 saturated heterocycles. The van der Waals surface area contributed by atoms with Gasteiger partial charge >= 0.3 is 12.1 Å². The Morgan fingerprint density at radius 3 is 2.26 bits per heavy atom. The van der Waals surface area contributed by atoms with Crippen molar-refractivity contribution in [2.75, 3.05) is 16.8 Å². The van der Waals surface area contributed by atoms with Gasteiger partial charge in [0, 0.05) is 5.56 Å². The molecule has 2 amide bonds. The summed E-state index contributed by atoms with van der Waals surface area (Å²) >= 11 is 0. The third-order valence-corrected chi connectivity index (χ3v) is 5.00. The molecule has 34 heavy (non-hydrogen) atoms. The number of nitrogens with zero attached hydrogens (tertiary/aromatic N) is 1. The minimum absolute atomic E-state index is 0.0513. The number of ketones is 1. The summed E-state index contributed by atoms with van der Waals surface area (Å²) in [5, 5.41) is 2.31. The summed E-state index contributed by atoms with van der Waals surface area (Å²) in [6.07, 6.45) is -7.08. The van der Waals surface area contributed by atoms with E-state index in [2.05, 4.69) is 5.32 Å². The van der Waals surface area contributed by atoms with Crippen LogP contribution < -0.4 is 15.0 Å². The van der Waals surface area contributed by atoms with Crippen LogP contribution in [0.25, 0.3) is 0 Å². The molecule has 0 bridgehead atoms. The molecule has 1 N–H and O–H groups in total. The Bertz CT molecular complexity index is 1130. The number of hydrogen-bond acceptors (Lipinski definition) is 6. The number of fused-ring (bicyclic) bond motifs is 1. The van der Waals surface area contributed by atoms with E-state index in [0.717, 1.165) is 23.1 Å². The van der Waals surface area contributed by atoms with Gasteiger partial charge in [0.1, 0.15) is 12.3 Å². The van der Waals surface area contributed by atoms with Gasteiger partial charge in [-0.05, 0) is 63.2 Å². The van der Waals surface area contributed by atoms with Crippen LogP contribution in [0.4, 0.5) is 24.5 Å². The summed E-state index contributed by atoms with van der Waals surface area (Å²) in [6.45, 7) is 3.65. The van der Waals surface area contributed by atoms with Gasteiger partial charge in [-0.3, -0.25) is 19.3 Å². The number of hydrogen-bond donors (Lipinski definition) is 1. The maximum atomic E-state index is 13.0. The van der Waals surface area contributed by atoms with Gasteiger partial charge in [-0.25, -0.2) is 4.79 Å². The first kappa shape index (κ1) is 24.7. The first-order valence-electron chi connectivity index (χ1n) is 10.2. The fourth-order valence-electron chi connectivity index (χ4n) is 3.22. The molecule has 3 rings (SSSR count). The maximum Gasteiger partial charge on any atom is 0.416 e. The fraction of sp³-hybridized carbons (Fsp3) is 0.304. The molecule has 0 spiro atoms. The second-order valence-corrected chi connectivity index (χ2v) is 7.62. The Balaban J connectivity index is 1.68. The van der Waals surface area contributed by atoms with Gasteiger partial charge in [0.2, 0.25) is 5.91 Å². The number of esters is 1. The lowest BCUT2D eigenvalue weighted by Crippen LogP contribution is -2.47. The van der Waals surface area contributed by atoms with Crippen LogP contribution in [0.15, 0.2) is 42.5 Å². The fourth-order valence-corrected chi connectivity index (χ4v) is 3.22. The van der Waals surface area contributed by atoms with Gasteiger partial charge in [-0.1, -0.05) is 0 Å². The number of Topliss-reactive ketones (excluding diaryl/α,β-unsaturated/α-hetero) is 1. The minimum Gasteiger partial charge on any atom is -0.479 e. The lowest BCUT2D eigenvalue weighted by Gasteiger charge is -2.31. The summed E-state index contributed by atoms with van der Waals surface area (Å²) in [6, 6.07) is 8.68. The average Bonchev–Trinajstić information content (AvgIpc) is 2.77. The molecule has 0 saturated carbocycles. The summed E-state index contributed by atoms with van der Waals surface area (Å²) in [7, 11) is 0. The van der Waals surface area contributed by atoms with Crippen molar-refractivity contribution in [2.24, 2.45) is 0 Å². The number of alkyl halides is 3. The quantitative estimate of drug-likeness (QED) is 0.503. The number of ether oxygens (including phenoxy) is 2. The normalized spacial score (nSPS) is 15.0. The van der Waals surface area contributed by atoms with Crippen molar-refractivity contribution in [1.29, 1.82) is 0 Å². The van der Waals surface area contributed by atoms with Gasteiger partial charge < -0.3 is 14.8 Å². The van der Waals surface area contributed by atoms with Gasteiger partial charge in [0.25, 0.3) is 5.91 Å². The number of anilines is 2. The van der Waals surface area contributed by atoms with Crippen LogP contribution in [-0.4, -0.2) is 42.3 Å². The molecule has 1 heterocycles. The van der Waals surface area contributed by atoms with Crippen molar-refractivity contribution >= 4 is 34.9 Å². The largest absolute Gasteiger partial charge is 0.479 e. The zero-order valence-electron chi connectivity index (χ0n) is 18.4. The van der Waals surface area contributed by atoms with Crippen LogP contribution in [0, 0.1) is 0 Å². The third-order valence-electron chi connectivity index (χ3n) is 5.00. The van der Waals surface area contributed by atoms with Crippen molar-refractivity contribution in [1.82, 2.24) is 0 Å². The third kappa shape index (κ3) is 5.53. The predicted octanol–water partition coefficient (Wildman–Crippen LogP) is 3.59. The van der Waals surface area contributed by atoms with E-state index in [1.807, 2.05) is 0 Å². The molecule has 0 fully saturated rings. The van der Waals surface area contributed by atoms with E-state index in [9.17, 15) is 32.3 Å². The van der Waals surface area contributed by atoms with Gasteiger partial charge in [0.05, 0.1) is 16.9 Å². The van der Waals surface area contributed by atoms with Crippen LogP contribution in [-0.2, 0) is 25.3 Å². The molecule has 8 nitrogen and oxygen atoms in total. The second kappa shape index (κ2) is 9.54. The average molecular weight is 478 g/mol. The van der Waals surface area contributed by atoms with Crippen molar-refractivity contribution in [3.63, 3.8) is 0 Å². The van der Waals surface area contributed by atoms with Gasteiger partial charge in [0.15, 0.2) is 18.0 Å². The monoisotopic (exact) mass is 478 g/mol. The highest BCUT2D eigenvalue weighted by atomic mass is 19.4. The molecule has 180 valence electrons. The molecule has 2 aromatic carbocycles. The maximum absolute atomic E-state index is 13.0. The molecule has 2 aromatic rings.